The first-order valence-electron chi connectivity index (χ1n) is 5.37. The summed E-state index contributed by atoms with van der Waals surface area (Å²) in [5.74, 6) is 4.89. The molecule has 0 aromatic heterocycles. The number of nitrogens with zero attached hydrogens (tertiary/aromatic N) is 1. The number of amides is 1. The van der Waals surface area contributed by atoms with E-state index >= 15 is 0 Å². The largest absolute Gasteiger partial charge is 0.383 e. The molecule has 0 aliphatic rings. The average molecular weight is 217 g/mol. The summed E-state index contributed by atoms with van der Waals surface area (Å²) >= 11 is 0. The number of rotatable bonds is 9. The molecule has 90 valence electrons. The Morgan fingerprint density at radius 1 is 1.33 bits per heavy atom. The molecule has 0 heterocycles. The van der Waals surface area contributed by atoms with E-state index < -0.39 is 0 Å². The summed E-state index contributed by atoms with van der Waals surface area (Å²) in [5.41, 5.74) is 2.13. The Kier molecular flexibility index (Phi) is 9.46. The topological polar surface area (TPSA) is 67.6 Å². The zero-order valence-corrected chi connectivity index (χ0v) is 9.79. The third kappa shape index (κ3) is 9.65. The second-order valence-electron chi connectivity index (χ2n) is 3.67. The molecule has 0 aromatic rings. The van der Waals surface area contributed by atoms with Crippen molar-refractivity contribution in [2.45, 2.75) is 25.7 Å². The number of nitrogens with one attached hydrogen (secondary N) is 1. The Morgan fingerprint density at radius 3 is 2.67 bits per heavy atom. The summed E-state index contributed by atoms with van der Waals surface area (Å²) in [4.78, 5) is 13.0. The average Bonchev–Trinajstić information content (AvgIpc) is 2.25. The van der Waals surface area contributed by atoms with Crippen LogP contribution in [0.4, 0.5) is 0 Å². The smallest absolute Gasteiger partial charge is 0.233 e. The molecule has 5 nitrogen and oxygen atoms in total. The fraction of sp³-hybridized carbons (Fsp3) is 0.900. The number of unbranched alkanes of at least 4 members (excludes halogenated alkanes) is 2. The van der Waals surface area contributed by atoms with E-state index in [0.29, 0.717) is 6.42 Å². The summed E-state index contributed by atoms with van der Waals surface area (Å²) in [6.07, 6.45) is 3.60. The normalized spacial score (nSPS) is 10.7. The van der Waals surface area contributed by atoms with Gasteiger partial charge < -0.3 is 9.64 Å². The van der Waals surface area contributed by atoms with Gasteiger partial charge in [-0.05, 0) is 26.4 Å². The molecule has 5 heteroatoms. The van der Waals surface area contributed by atoms with Crippen molar-refractivity contribution in [2.24, 2.45) is 5.84 Å². The van der Waals surface area contributed by atoms with Crippen LogP contribution in [0.2, 0.25) is 0 Å². The number of nitrogens with two attached hydrogens (primary N) is 1. The minimum absolute atomic E-state index is 0.0808. The first kappa shape index (κ1) is 14.3. The number of carbonyl (C=O) groups excluding carboxylic acids is 1. The van der Waals surface area contributed by atoms with Crippen LogP contribution in [-0.4, -0.2) is 44.7 Å². The second-order valence-corrected chi connectivity index (χ2v) is 3.67. The molecule has 0 unspecified atom stereocenters. The van der Waals surface area contributed by atoms with E-state index in [1.54, 1.807) is 7.11 Å². The van der Waals surface area contributed by atoms with Crippen molar-refractivity contribution in [1.82, 2.24) is 10.3 Å². The van der Waals surface area contributed by atoms with Crippen molar-refractivity contribution in [3.63, 3.8) is 0 Å². The summed E-state index contributed by atoms with van der Waals surface area (Å²) in [6.45, 7) is 2.78. The van der Waals surface area contributed by atoms with E-state index in [2.05, 4.69) is 17.4 Å². The summed E-state index contributed by atoms with van der Waals surface area (Å²) in [5, 5.41) is 0. The molecule has 3 N–H and O–H groups in total. The highest BCUT2D eigenvalue weighted by atomic mass is 16.5. The van der Waals surface area contributed by atoms with E-state index in [1.165, 1.54) is 0 Å². The number of carbonyl (C=O) groups is 1. The number of methoxy groups -OCH3 is 1. The lowest BCUT2D eigenvalue weighted by molar-refractivity contribution is -0.121. The van der Waals surface area contributed by atoms with Gasteiger partial charge in [-0.15, -0.1) is 0 Å². The third-order valence-corrected chi connectivity index (χ3v) is 2.28. The van der Waals surface area contributed by atoms with Gasteiger partial charge in [0.15, 0.2) is 0 Å². The molecule has 0 bridgehead atoms. The summed E-state index contributed by atoms with van der Waals surface area (Å²) in [6, 6.07) is 0. The number of likely N-dealkylation sites (N-methyl/N-ethyl adjacent to an activating group) is 1. The fourth-order valence-electron chi connectivity index (χ4n) is 1.28. The lowest BCUT2D eigenvalue weighted by Crippen LogP contribution is -2.29. The predicted octanol–water partition coefficient (Wildman–Crippen LogP) is 0.115. The van der Waals surface area contributed by atoms with E-state index in [-0.39, 0.29) is 5.91 Å². The highest BCUT2D eigenvalue weighted by Gasteiger charge is 1.99. The van der Waals surface area contributed by atoms with E-state index in [0.717, 1.165) is 39.0 Å². The standard InChI is InChI=1S/C10H23N3O2/c1-13(8-9-15-2)7-5-3-4-6-10(14)12-11/h3-9,11H2,1-2H3,(H,12,14). The van der Waals surface area contributed by atoms with Gasteiger partial charge in [0, 0.05) is 20.1 Å². The molecule has 0 radical (unpaired) electrons. The van der Waals surface area contributed by atoms with Gasteiger partial charge in [0.25, 0.3) is 0 Å². The van der Waals surface area contributed by atoms with Crippen LogP contribution < -0.4 is 11.3 Å². The van der Waals surface area contributed by atoms with Crippen LogP contribution in [0.25, 0.3) is 0 Å². The van der Waals surface area contributed by atoms with Gasteiger partial charge >= 0.3 is 0 Å². The van der Waals surface area contributed by atoms with Gasteiger partial charge in [-0.2, -0.15) is 0 Å². The number of hydrogen-bond acceptors (Lipinski definition) is 4. The lowest BCUT2D eigenvalue weighted by atomic mass is 10.2. The molecule has 0 aliphatic carbocycles. The molecule has 1 amide bonds. The maximum atomic E-state index is 10.8. The molecular formula is C10H23N3O2. The second kappa shape index (κ2) is 9.89. The molecule has 0 rings (SSSR count). The zero-order valence-electron chi connectivity index (χ0n) is 9.79. The van der Waals surface area contributed by atoms with Crippen molar-refractivity contribution >= 4 is 5.91 Å². The van der Waals surface area contributed by atoms with Crippen molar-refractivity contribution in [3.05, 3.63) is 0 Å². The van der Waals surface area contributed by atoms with Crippen LogP contribution in [-0.2, 0) is 9.53 Å². The molecule has 0 saturated heterocycles. The van der Waals surface area contributed by atoms with Crippen LogP contribution in [0, 0.1) is 0 Å². The van der Waals surface area contributed by atoms with Crippen LogP contribution >= 0.6 is 0 Å². The SMILES string of the molecule is COCCN(C)CCCCCC(=O)NN. The van der Waals surface area contributed by atoms with Gasteiger partial charge in [-0.1, -0.05) is 6.42 Å². The number of ether oxygens (including phenoxy) is 1. The minimum Gasteiger partial charge on any atom is -0.383 e. The van der Waals surface area contributed by atoms with Gasteiger partial charge in [0.2, 0.25) is 5.91 Å². The molecule has 0 atom stereocenters. The highest BCUT2D eigenvalue weighted by Crippen LogP contribution is 2.00. The molecule has 0 saturated carbocycles. The minimum atomic E-state index is -0.0808. The Morgan fingerprint density at radius 2 is 2.07 bits per heavy atom. The molecule has 0 fully saturated rings. The Bertz CT molecular complexity index is 165. The zero-order chi connectivity index (χ0) is 11.5. The number of hydrogen-bond donors (Lipinski definition) is 2. The molecular weight excluding hydrogens is 194 g/mol. The Labute approximate surface area is 91.9 Å². The predicted molar refractivity (Wildman–Crippen MR) is 60.2 cm³/mol. The van der Waals surface area contributed by atoms with E-state index in [1.807, 2.05) is 0 Å². The first-order valence-corrected chi connectivity index (χ1v) is 5.37. The quantitative estimate of drug-likeness (QED) is 0.249. The molecule has 0 spiro atoms. The maximum absolute atomic E-state index is 10.8. The Balaban J connectivity index is 3.19. The van der Waals surface area contributed by atoms with Crippen LogP contribution in [0.5, 0.6) is 0 Å². The van der Waals surface area contributed by atoms with Crippen molar-refractivity contribution in [3.8, 4) is 0 Å². The van der Waals surface area contributed by atoms with Crippen molar-refractivity contribution in [1.29, 1.82) is 0 Å². The lowest BCUT2D eigenvalue weighted by Gasteiger charge is -2.15. The van der Waals surface area contributed by atoms with E-state index in [9.17, 15) is 4.79 Å². The molecule has 0 aliphatic heterocycles. The molecule has 0 aromatic carbocycles. The van der Waals surface area contributed by atoms with Crippen molar-refractivity contribution < 1.29 is 9.53 Å². The van der Waals surface area contributed by atoms with Crippen LogP contribution in [0.15, 0.2) is 0 Å². The van der Waals surface area contributed by atoms with Gasteiger partial charge in [0.05, 0.1) is 6.61 Å². The highest BCUT2D eigenvalue weighted by molar-refractivity contribution is 5.74. The summed E-state index contributed by atoms with van der Waals surface area (Å²) in [7, 11) is 3.78. The maximum Gasteiger partial charge on any atom is 0.233 e. The Hall–Kier alpha value is -0.650. The summed E-state index contributed by atoms with van der Waals surface area (Å²) < 4.78 is 4.98. The third-order valence-electron chi connectivity index (χ3n) is 2.28. The first-order chi connectivity index (χ1) is 7.20. The van der Waals surface area contributed by atoms with E-state index in [4.69, 9.17) is 10.6 Å². The number of hydrazine groups is 1. The van der Waals surface area contributed by atoms with Gasteiger partial charge in [-0.3, -0.25) is 10.2 Å². The molecule has 15 heavy (non-hydrogen) atoms. The van der Waals surface area contributed by atoms with Crippen molar-refractivity contribution in [2.75, 3.05) is 33.9 Å². The monoisotopic (exact) mass is 217 g/mol. The van der Waals surface area contributed by atoms with Gasteiger partial charge in [0.1, 0.15) is 0 Å². The van der Waals surface area contributed by atoms with Crippen LogP contribution in [0.1, 0.15) is 25.7 Å². The van der Waals surface area contributed by atoms with Gasteiger partial charge in [-0.25, -0.2) is 5.84 Å². The van der Waals surface area contributed by atoms with Crippen LogP contribution in [0.3, 0.4) is 0 Å². The fourth-order valence-corrected chi connectivity index (χ4v) is 1.28.